The van der Waals surface area contributed by atoms with Gasteiger partial charge in [-0.2, -0.15) is 0 Å². The molecule has 0 aliphatic heterocycles. The van der Waals surface area contributed by atoms with E-state index in [1.165, 1.54) is 10.6 Å². The summed E-state index contributed by atoms with van der Waals surface area (Å²) < 4.78 is 6.38. The second kappa shape index (κ2) is 7.29. The number of pyridine rings is 1. The molecule has 0 aliphatic carbocycles. The molecule has 1 heterocycles. The van der Waals surface area contributed by atoms with Crippen molar-refractivity contribution in [3.05, 3.63) is 41.3 Å². The zero-order chi connectivity index (χ0) is 13.4. The van der Waals surface area contributed by atoms with E-state index in [-0.39, 0.29) is 11.6 Å². The molecule has 98 valence electrons. The molecular weight excluding hydrogens is 234 g/mol. The van der Waals surface area contributed by atoms with E-state index in [2.05, 4.69) is 17.2 Å². The fraction of sp³-hybridized carbons (Fsp3) is 0.333. The lowest BCUT2D eigenvalue weighted by Crippen LogP contribution is -2.29. The minimum absolute atomic E-state index is 0.135. The van der Waals surface area contributed by atoms with Crippen molar-refractivity contribution in [2.45, 2.75) is 6.54 Å². The van der Waals surface area contributed by atoms with Gasteiger partial charge in [0.25, 0.3) is 5.56 Å². The van der Waals surface area contributed by atoms with Gasteiger partial charge in [0.05, 0.1) is 12.3 Å². The Labute approximate surface area is 105 Å². The molecule has 1 rings (SSSR count). The second-order valence-corrected chi connectivity index (χ2v) is 3.57. The summed E-state index contributed by atoms with van der Waals surface area (Å²) in [6.07, 6.45) is 3.16. The highest BCUT2D eigenvalue weighted by Gasteiger charge is 2.02. The van der Waals surface area contributed by atoms with Gasteiger partial charge in [-0.3, -0.25) is 4.79 Å². The topological polar surface area (TPSA) is 72.4 Å². The SMILES string of the molecule is C=CCNC(=O)Nc1ccc(=O)n(CCOC)c1. The molecule has 6 heteroatoms. The summed E-state index contributed by atoms with van der Waals surface area (Å²) in [7, 11) is 1.57. The largest absolute Gasteiger partial charge is 0.383 e. The first-order valence-electron chi connectivity index (χ1n) is 5.52. The number of aromatic nitrogens is 1. The summed E-state index contributed by atoms with van der Waals surface area (Å²) in [5.41, 5.74) is 0.413. The average molecular weight is 251 g/mol. The first-order valence-corrected chi connectivity index (χ1v) is 5.52. The quantitative estimate of drug-likeness (QED) is 0.735. The number of methoxy groups -OCH3 is 1. The standard InChI is InChI=1S/C12H17N3O3/c1-3-6-13-12(17)14-10-4-5-11(16)15(9-10)7-8-18-2/h3-5,9H,1,6-8H2,2H3,(H2,13,14,17). The van der Waals surface area contributed by atoms with E-state index in [0.29, 0.717) is 25.4 Å². The highest BCUT2D eigenvalue weighted by Crippen LogP contribution is 2.02. The molecule has 2 amide bonds. The van der Waals surface area contributed by atoms with E-state index < -0.39 is 0 Å². The smallest absolute Gasteiger partial charge is 0.319 e. The highest BCUT2D eigenvalue weighted by molar-refractivity contribution is 5.89. The average Bonchev–Trinajstić information content (AvgIpc) is 2.37. The molecule has 1 aromatic heterocycles. The lowest BCUT2D eigenvalue weighted by Gasteiger charge is -2.09. The Hall–Kier alpha value is -2.08. The number of nitrogens with zero attached hydrogens (tertiary/aromatic N) is 1. The molecule has 0 spiro atoms. The van der Waals surface area contributed by atoms with Gasteiger partial charge in [-0.25, -0.2) is 4.79 Å². The Balaban J connectivity index is 2.69. The van der Waals surface area contributed by atoms with Crippen LogP contribution in [0.5, 0.6) is 0 Å². The van der Waals surface area contributed by atoms with Crippen molar-refractivity contribution in [2.24, 2.45) is 0 Å². The van der Waals surface area contributed by atoms with Gasteiger partial charge in [0.15, 0.2) is 0 Å². The van der Waals surface area contributed by atoms with E-state index in [0.717, 1.165) is 0 Å². The number of rotatable bonds is 6. The van der Waals surface area contributed by atoms with Gasteiger partial charge in [-0.05, 0) is 6.07 Å². The van der Waals surface area contributed by atoms with Crippen molar-refractivity contribution in [1.29, 1.82) is 0 Å². The highest BCUT2D eigenvalue weighted by atomic mass is 16.5. The molecule has 1 aromatic rings. The Morgan fingerprint density at radius 3 is 3.00 bits per heavy atom. The molecule has 0 atom stereocenters. The lowest BCUT2D eigenvalue weighted by molar-refractivity contribution is 0.186. The van der Waals surface area contributed by atoms with Gasteiger partial charge in [0, 0.05) is 32.5 Å². The van der Waals surface area contributed by atoms with Crippen LogP contribution in [0.25, 0.3) is 0 Å². The lowest BCUT2D eigenvalue weighted by atomic mass is 10.4. The van der Waals surface area contributed by atoms with Crippen molar-refractivity contribution in [3.63, 3.8) is 0 Å². The summed E-state index contributed by atoms with van der Waals surface area (Å²) >= 11 is 0. The predicted octanol–water partition coefficient (Wildman–Crippen LogP) is 0.802. The van der Waals surface area contributed by atoms with Gasteiger partial charge < -0.3 is 19.9 Å². The van der Waals surface area contributed by atoms with E-state index in [1.54, 1.807) is 25.4 Å². The number of hydrogen-bond donors (Lipinski definition) is 2. The van der Waals surface area contributed by atoms with Crippen molar-refractivity contribution in [1.82, 2.24) is 9.88 Å². The molecule has 0 aliphatic rings. The molecule has 6 nitrogen and oxygen atoms in total. The molecule has 0 saturated heterocycles. The minimum atomic E-state index is -0.341. The van der Waals surface area contributed by atoms with Crippen LogP contribution in [0.1, 0.15) is 0 Å². The van der Waals surface area contributed by atoms with Crippen LogP contribution in [0.3, 0.4) is 0 Å². The van der Waals surface area contributed by atoms with Crippen LogP contribution in [-0.2, 0) is 11.3 Å². The molecule has 0 saturated carbocycles. The molecule has 0 fully saturated rings. The third kappa shape index (κ3) is 4.42. The number of anilines is 1. The summed E-state index contributed by atoms with van der Waals surface area (Å²) in [5.74, 6) is 0. The van der Waals surface area contributed by atoms with Crippen molar-refractivity contribution >= 4 is 11.7 Å². The van der Waals surface area contributed by atoms with Crippen LogP contribution in [0.4, 0.5) is 10.5 Å². The summed E-state index contributed by atoms with van der Waals surface area (Å²) in [6, 6.07) is 2.62. The molecule has 0 unspecified atom stereocenters. The molecule has 18 heavy (non-hydrogen) atoms. The third-order valence-electron chi connectivity index (χ3n) is 2.18. The van der Waals surface area contributed by atoms with Crippen molar-refractivity contribution in [3.8, 4) is 0 Å². The maximum atomic E-state index is 11.5. The first kappa shape index (κ1) is 14.0. The number of carbonyl (C=O) groups excluding carboxylic acids is 1. The summed E-state index contributed by atoms with van der Waals surface area (Å²) in [5, 5.41) is 5.20. The number of urea groups is 1. The predicted molar refractivity (Wildman–Crippen MR) is 69.8 cm³/mol. The molecule has 0 aromatic carbocycles. The number of amides is 2. The Bertz CT molecular complexity index is 468. The van der Waals surface area contributed by atoms with Gasteiger partial charge in [-0.15, -0.1) is 6.58 Å². The van der Waals surface area contributed by atoms with Crippen LogP contribution in [-0.4, -0.2) is 30.9 Å². The third-order valence-corrected chi connectivity index (χ3v) is 2.18. The van der Waals surface area contributed by atoms with Gasteiger partial charge in [0.2, 0.25) is 0 Å². The number of ether oxygens (including phenoxy) is 1. The van der Waals surface area contributed by atoms with E-state index in [4.69, 9.17) is 4.74 Å². The maximum absolute atomic E-state index is 11.5. The zero-order valence-corrected chi connectivity index (χ0v) is 10.3. The number of carbonyl (C=O) groups is 1. The molecular formula is C12H17N3O3. The van der Waals surface area contributed by atoms with Gasteiger partial charge in [0.1, 0.15) is 0 Å². The Morgan fingerprint density at radius 2 is 2.33 bits per heavy atom. The number of nitrogens with one attached hydrogen (secondary N) is 2. The van der Waals surface area contributed by atoms with Crippen LogP contribution < -0.4 is 16.2 Å². The first-order chi connectivity index (χ1) is 8.67. The Kier molecular flexibility index (Phi) is 5.66. The van der Waals surface area contributed by atoms with Gasteiger partial charge >= 0.3 is 6.03 Å². The van der Waals surface area contributed by atoms with E-state index in [9.17, 15) is 9.59 Å². The molecule has 0 radical (unpaired) electrons. The van der Waals surface area contributed by atoms with Crippen LogP contribution in [0.15, 0.2) is 35.8 Å². The van der Waals surface area contributed by atoms with Crippen LogP contribution >= 0.6 is 0 Å². The maximum Gasteiger partial charge on any atom is 0.319 e. The Morgan fingerprint density at radius 1 is 1.56 bits per heavy atom. The summed E-state index contributed by atoms with van der Waals surface area (Å²) in [6.45, 7) is 4.76. The van der Waals surface area contributed by atoms with E-state index in [1.807, 2.05) is 0 Å². The van der Waals surface area contributed by atoms with E-state index >= 15 is 0 Å². The zero-order valence-electron chi connectivity index (χ0n) is 10.3. The molecule has 0 bridgehead atoms. The summed E-state index contributed by atoms with van der Waals surface area (Å²) in [4.78, 5) is 22.9. The fourth-order valence-corrected chi connectivity index (χ4v) is 1.31. The van der Waals surface area contributed by atoms with Gasteiger partial charge in [-0.1, -0.05) is 6.08 Å². The van der Waals surface area contributed by atoms with Crippen LogP contribution in [0, 0.1) is 0 Å². The fourth-order valence-electron chi connectivity index (χ4n) is 1.31. The minimum Gasteiger partial charge on any atom is -0.383 e. The van der Waals surface area contributed by atoms with Crippen molar-refractivity contribution in [2.75, 3.05) is 25.6 Å². The van der Waals surface area contributed by atoms with Crippen molar-refractivity contribution < 1.29 is 9.53 Å². The second-order valence-electron chi connectivity index (χ2n) is 3.57. The monoisotopic (exact) mass is 251 g/mol. The number of hydrogen-bond acceptors (Lipinski definition) is 3. The normalized spacial score (nSPS) is 9.83. The molecule has 2 N–H and O–H groups in total. The van der Waals surface area contributed by atoms with Crippen LogP contribution in [0.2, 0.25) is 0 Å².